The summed E-state index contributed by atoms with van der Waals surface area (Å²) in [6, 6.07) is 13.4. The minimum Gasteiger partial charge on any atom is -0.457 e. The molecule has 0 bridgehead atoms. The first-order valence-electron chi connectivity index (χ1n) is 12.4. The average molecular weight is 506 g/mol. The van der Waals surface area contributed by atoms with Crippen LogP contribution in [0.5, 0.6) is 11.5 Å². The molecule has 2 amide bonds. The predicted molar refractivity (Wildman–Crippen MR) is 139 cm³/mol. The number of benzene rings is 2. The van der Waals surface area contributed by atoms with E-state index in [1.807, 2.05) is 48.3 Å². The average Bonchev–Trinajstić information content (AvgIpc) is 3.49. The molecule has 0 radical (unpaired) electrons. The summed E-state index contributed by atoms with van der Waals surface area (Å²) in [5, 5.41) is 13.5. The van der Waals surface area contributed by atoms with Gasteiger partial charge in [-0.25, -0.2) is 0 Å². The maximum Gasteiger partial charge on any atom is 0.251 e. The van der Waals surface area contributed by atoms with Gasteiger partial charge in [0.2, 0.25) is 5.91 Å². The molecule has 188 valence electrons. The number of carbonyl (C=O) groups excluding carboxylic acids is 2. The Bertz CT molecular complexity index is 1250. The van der Waals surface area contributed by atoms with Crippen LogP contribution in [-0.2, 0) is 11.3 Å². The Morgan fingerprint density at radius 3 is 2.58 bits per heavy atom. The van der Waals surface area contributed by atoms with Crippen molar-refractivity contribution in [1.82, 2.24) is 25.3 Å². The minimum absolute atomic E-state index is 0.116. The summed E-state index contributed by atoms with van der Waals surface area (Å²) in [4.78, 5) is 29.1. The third-order valence-electron chi connectivity index (χ3n) is 6.52. The number of ether oxygens (including phenoxy) is 1. The number of likely N-dealkylation sites (tertiary alicyclic amines) is 2. The number of nitrogens with one attached hydrogen (secondary N) is 1. The van der Waals surface area contributed by atoms with Crippen LogP contribution in [0, 0.1) is 0 Å². The molecular weight excluding hydrogens is 474 g/mol. The topological polar surface area (TPSA) is 87.7 Å². The zero-order valence-electron chi connectivity index (χ0n) is 20.9. The van der Waals surface area contributed by atoms with Crippen molar-refractivity contribution in [2.45, 2.75) is 45.2 Å². The molecule has 0 aliphatic carbocycles. The first kappa shape index (κ1) is 24.4. The largest absolute Gasteiger partial charge is 0.457 e. The minimum atomic E-state index is -0.116. The van der Waals surface area contributed by atoms with Gasteiger partial charge < -0.3 is 19.9 Å². The normalized spacial score (nSPS) is 16.4. The molecule has 5 rings (SSSR count). The maximum atomic E-state index is 12.9. The van der Waals surface area contributed by atoms with Crippen molar-refractivity contribution >= 4 is 23.2 Å². The Labute approximate surface area is 215 Å². The molecule has 9 heteroatoms. The molecule has 2 aromatic carbocycles. The SMILES string of the molecule is CC(C)c1nnc(-c2ccc(Oc3cc(C(=O)NC4CN(C)C4)ccc3CN3CCCC3=O)cc2)s1. The lowest BCUT2D eigenvalue weighted by molar-refractivity contribution is -0.128. The van der Waals surface area contributed by atoms with E-state index in [-0.39, 0.29) is 17.9 Å². The highest BCUT2D eigenvalue weighted by Gasteiger charge is 2.26. The predicted octanol–water partition coefficient (Wildman–Crippen LogP) is 4.29. The second-order valence-electron chi connectivity index (χ2n) is 9.86. The van der Waals surface area contributed by atoms with Crippen molar-refractivity contribution in [2.24, 2.45) is 0 Å². The van der Waals surface area contributed by atoms with Crippen LogP contribution >= 0.6 is 11.3 Å². The van der Waals surface area contributed by atoms with Crippen LogP contribution < -0.4 is 10.1 Å². The summed E-state index contributed by atoms with van der Waals surface area (Å²) < 4.78 is 6.28. The molecule has 0 spiro atoms. The smallest absolute Gasteiger partial charge is 0.251 e. The molecule has 8 nitrogen and oxygen atoms in total. The van der Waals surface area contributed by atoms with Crippen molar-refractivity contribution in [3.05, 3.63) is 58.6 Å². The van der Waals surface area contributed by atoms with Crippen LogP contribution in [0.3, 0.4) is 0 Å². The number of carbonyl (C=O) groups is 2. The molecule has 2 fully saturated rings. The molecule has 1 aromatic heterocycles. The van der Waals surface area contributed by atoms with E-state index in [9.17, 15) is 9.59 Å². The van der Waals surface area contributed by atoms with Crippen LogP contribution in [0.2, 0.25) is 0 Å². The van der Waals surface area contributed by atoms with Crippen LogP contribution in [0.1, 0.15) is 53.5 Å². The quantitative estimate of drug-likeness (QED) is 0.492. The molecule has 0 saturated carbocycles. The van der Waals surface area contributed by atoms with E-state index in [1.54, 1.807) is 17.4 Å². The highest BCUT2D eigenvalue weighted by molar-refractivity contribution is 7.14. The van der Waals surface area contributed by atoms with Crippen LogP contribution in [0.4, 0.5) is 0 Å². The van der Waals surface area contributed by atoms with Gasteiger partial charge in [-0.05, 0) is 49.9 Å². The van der Waals surface area contributed by atoms with E-state index in [0.717, 1.165) is 47.2 Å². The molecule has 1 N–H and O–H groups in total. The van der Waals surface area contributed by atoms with Crippen molar-refractivity contribution < 1.29 is 14.3 Å². The first-order valence-corrected chi connectivity index (χ1v) is 13.2. The summed E-state index contributed by atoms with van der Waals surface area (Å²) in [7, 11) is 2.03. The number of aromatic nitrogens is 2. The number of hydrogen-bond donors (Lipinski definition) is 1. The van der Waals surface area contributed by atoms with Gasteiger partial charge in [0.1, 0.15) is 21.5 Å². The fourth-order valence-electron chi connectivity index (χ4n) is 4.43. The van der Waals surface area contributed by atoms with Gasteiger partial charge >= 0.3 is 0 Å². The second kappa shape index (κ2) is 10.4. The Morgan fingerprint density at radius 1 is 1.17 bits per heavy atom. The molecule has 2 aliphatic heterocycles. The standard InChI is InChI=1S/C27H31N5O3S/c1-17(2)26-29-30-27(36-26)18-8-10-22(11-9-18)35-23-13-19(25(34)28-21-15-31(3)16-21)6-7-20(23)14-32-12-4-5-24(32)33/h6-11,13,17,21H,4-5,12,14-16H2,1-3H3,(H,28,34). The van der Waals surface area contributed by atoms with Gasteiger partial charge in [-0.2, -0.15) is 0 Å². The number of hydrogen-bond acceptors (Lipinski definition) is 7. The molecule has 3 heterocycles. The summed E-state index contributed by atoms with van der Waals surface area (Å²) >= 11 is 1.59. The zero-order valence-corrected chi connectivity index (χ0v) is 21.7. The summed E-state index contributed by atoms with van der Waals surface area (Å²) in [6.45, 7) is 7.11. The molecule has 3 aromatic rings. The lowest BCUT2D eigenvalue weighted by atomic mass is 10.1. The Morgan fingerprint density at radius 2 is 1.94 bits per heavy atom. The van der Waals surface area contributed by atoms with Crippen molar-refractivity contribution in [3.8, 4) is 22.1 Å². The van der Waals surface area contributed by atoms with E-state index < -0.39 is 0 Å². The lowest BCUT2D eigenvalue weighted by Gasteiger charge is -2.36. The Hall–Kier alpha value is -3.30. The third kappa shape index (κ3) is 5.42. The van der Waals surface area contributed by atoms with Crippen LogP contribution in [-0.4, -0.2) is 64.5 Å². The molecule has 2 aliphatic rings. The van der Waals surface area contributed by atoms with Gasteiger partial charge in [0.15, 0.2) is 0 Å². The molecule has 2 saturated heterocycles. The lowest BCUT2D eigenvalue weighted by Crippen LogP contribution is -2.57. The van der Waals surface area contributed by atoms with E-state index in [0.29, 0.717) is 35.9 Å². The molecular formula is C27H31N5O3S. The Kier molecular flexibility index (Phi) is 7.02. The summed E-state index contributed by atoms with van der Waals surface area (Å²) in [5.41, 5.74) is 2.40. The Balaban J connectivity index is 1.36. The van der Waals surface area contributed by atoms with Crippen molar-refractivity contribution in [3.63, 3.8) is 0 Å². The van der Waals surface area contributed by atoms with Gasteiger partial charge in [0.05, 0.1) is 6.04 Å². The second-order valence-corrected chi connectivity index (χ2v) is 10.9. The molecule has 36 heavy (non-hydrogen) atoms. The summed E-state index contributed by atoms with van der Waals surface area (Å²) in [5.74, 6) is 1.61. The number of nitrogens with zero attached hydrogens (tertiary/aromatic N) is 4. The van der Waals surface area contributed by atoms with Gasteiger partial charge in [0.25, 0.3) is 5.91 Å². The van der Waals surface area contributed by atoms with Gasteiger partial charge in [-0.15, -0.1) is 10.2 Å². The fourth-order valence-corrected chi connectivity index (χ4v) is 5.29. The van der Waals surface area contributed by atoms with Crippen LogP contribution in [0.15, 0.2) is 42.5 Å². The number of amides is 2. The zero-order chi connectivity index (χ0) is 25.2. The fraction of sp³-hybridized carbons (Fsp3) is 0.407. The third-order valence-corrected chi connectivity index (χ3v) is 7.80. The first-order chi connectivity index (χ1) is 17.4. The summed E-state index contributed by atoms with van der Waals surface area (Å²) in [6.07, 6.45) is 1.45. The number of rotatable bonds is 8. The number of likely N-dealkylation sites (N-methyl/N-ethyl adjacent to an activating group) is 1. The van der Waals surface area contributed by atoms with Gasteiger partial charge in [-0.1, -0.05) is 31.3 Å². The monoisotopic (exact) mass is 505 g/mol. The highest BCUT2D eigenvalue weighted by atomic mass is 32.1. The van der Waals surface area contributed by atoms with E-state index in [2.05, 4.69) is 34.3 Å². The molecule has 0 unspecified atom stereocenters. The van der Waals surface area contributed by atoms with E-state index >= 15 is 0 Å². The van der Waals surface area contributed by atoms with Gasteiger partial charge in [0, 0.05) is 55.2 Å². The van der Waals surface area contributed by atoms with Crippen molar-refractivity contribution in [1.29, 1.82) is 0 Å². The maximum absolute atomic E-state index is 12.9. The van der Waals surface area contributed by atoms with E-state index in [1.165, 1.54) is 0 Å². The molecule has 0 atom stereocenters. The van der Waals surface area contributed by atoms with Crippen LogP contribution in [0.25, 0.3) is 10.6 Å². The van der Waals surface area contributed by atoms with Crippen molar-refractivity contribution in [2.75, 3.05) is 26.7 Å². The van der Waals surface area contributed by atoms with Gasteiger partial charge in [-0.3, -0.25) is 9.59 Å². The van der Waals surface area contributed by atoms with E-state index in [4.69, 9.17) is 4.74 Å². The highest BCUT2D eigenvalue weighted by Crippen LogP contribution is 2.32.